The van der Waals surface area contributed by atoms with Gasteiger partial charge in [0.2, 0.25) is 0 Å². The second-order valence-electron chi connectivity index (χ2n) is 4.47. The molecule has 6 heteroatoms. The van der Waals surface area contributed by atoms with Crippen LogP contribution in [0, 0.1) is 0 Å². The van der Waals surface area contributed by atoms with Gasteiger partial charge in [-0.15, -0.1) is 0 Å². The molecule has 4 nitrogen and oxygen atoms in total. The van der Waals surface area contributed by atoms with E-state index in [1.807, 2.05) is 0 Å². The van der Waals surface area contributed by atoms with Crippen molar-refractivity contribution < 1.29 is 14.7 Å². The van der Waals surface area contributed by atoms with Crippen molar-refractivity contribution in [2.45, 2.75) is 25.3 Å². The van der Waals surface area contributed by atoms with E-state index in [2.05, 4.69) is 15.9 Å². The number of carboxylic acids is 1. The van der Waals surface area contributed by atoms with Crippen LogP contribution < -0.4 is 0 Å². The molecule has 0 radical (unpaired) electrons. The molecule has 0 spiro atoms. The zero-order valence-corrected chi connectivity index (χ0v) is 12.4. The standard InChI is InChI=1S/C13H13BrClNO3/c14-10-7-8(15)4-5-9(10)12(17)16-6-2-1-3-11(16)13(18)19/h4-5,7,11H,1-3,6H2,(H,18,19)/t11-/m1/s1. The third kappa shape index (κ3) is 3.09. The lowest BCUT2D eigenvalue weighted by Crippen LogP contribution is -2.48. The maximum atomic E-state index is 12.4. The molecule has 0 aromatic heterocycles. The van der Waals surface area contributed by atoms with Crippen LogP contribution >= 0.6 is 27.5 Å². The molecule has 1 saturated heterocycles. The molecule has 1 aliphatic rings. The summed E-state index contributed by atoms with van der Waals surface area (Å²) in [6, 6.07) is 4.14. The zero-order valence-electron chi connectivity index (χ0n) is 10.1. The van der Waals surface area contributed by atoms with Crippen molar-refractivity contribution in [1.29, 1.82) is 0 Å². The summed E-state index contributed by atoms with van der Waals surface area (Å²) >= 11 is 9.13. The average Bonchev–Trinajstić information content (AvgIpc) is 2.38. The minimum atomic E-state index is -0.946. The predicted octanol–water partition coefficient (Wildman–Crippen LogP) is 3.18. The van der Waals surface area contributed by atoms with E-state index in [0.29, 0.717) is 28.0 Å². The first-order valence-electron chi connectivity index (χ1n) is 5.99. The molecule has 0 bridgehead atoms. The number of likely N-dealkylation sites (tertiary alicyclic amines) is 1. The number of aliphatic carboxylic acids is 1. The Morgan fingerprint density at radius 3 is 2.74 bits per heavy atom. The Morgan fingerprint density at radius 1 is 1.37 bits per heavy atom. The van der Waals surface area contributed by atoms with Crippen LogP contribution in [0.2, 0.25) is 5.02 Å². The molecule has 0 unspecified atom stereocenters. The summed E-state index contributed by atoms with van der Waals surface area (Å²) in [4.78, 5) is 25.1. The highest BCUT2D eigenvalue weighted by molar-refractivity contribution is 9.10. The first-order valence-corrected chi connectivity index (χ1v) is 7.16. The average molecular weight is 347 g/mol. The first kappa shape index (κ1) is 14.3. The van der Waals surface area contributed by atoms with Gasteiger partial charge in [-0.1, -0.05) is 11.6 Å². The fraction of sp³-hybridized carbons (Fsp3) is 0.385. The van der Waals surface area contributed by atoms with Crippen LogP contribution in [0.3, 0.4) is 0 Å². The van der Waals surface area contributed by atoms with Gasteiger partial charge in [-0.25, -0.2) is 4.79 Å². The van der Waals surface area contributed by atoms with Gasteiger partial charge >= 0.3 is 5.97 Å². The second-order valence-corrected chi connectivity index (χ2v) is 5.76. The van der Waals surface area contributed by atoms with Crippen LogP contribution in [0.5, 0.6) is 0 Å². The SMILES string of the molecule is O=C(O)[C@H]1CCCCN1C(=O)c1ccc(Cl)cc1Br. The number of amides is 1. The van der Waals surface area contributed by atoms with E-state index in [0.717, 1.165) is 12.8 Å². The summed E-state index contributed by atoms with van der Waals surface area (Å²) in [6.45, 7) is 0.477. The molecular weight excluding hydrogens is 334 g/mol. The minimum absolute atomic E-state index is 0.268. The smallest absolute Gasteiger partial charge is 0.326 e. The van der Waals surface area contributed by atoms with Crippen molar-refractivity contribution in [1.82, 2.24) is 4.90 Å². The van der Waals surface area contributed by atoms with E-state index < -0.39 is 12.0 Å². The maximum absolute atomic E-state index is 12.4. The van der Waals surface area contributed by atoms with Crippen molar-refractivity contribution in [2.75, 3.05) is 6.54 Å². The topological polar surface area (TPSA) is 57.6 Å². The van der Waals surface area contributed by atoms with E-state index >= 15 is 0 Å². The van der Waals surface area contributed by atoms with Gasteiger partial charge in [0.1, 0.15) is 6.04 Å². The van der Waals surface area contributed by atoms with Crippen LogP contribution in [-0.4, -0.2) is 34.5 Å². The lowest BCUT2D eigenvalue weighted by atomic mass is 10.0. The van der Waals surface area contributed by atoms with Gasteiger partial charge in [0.15, 0.2) is 0 Å². The lowest BCUT2D eigenvalue weighted by molar-refractivity contribution is -0.143. The molecule has 1 N–H and O–H groups in total. The van der Waals surface area contributed by atoms with Crippen LogP contribution in [-0.2, 0) is 4.79 Å². The summed E-state index contributed by atoms with van der Waals surface area (Å²) in [5.41, 5.74) is 0.442. The van der Waals surface area contributed by atoms with Crippen molar-refractivity contribution in [3.05, 3.63) is 33.3 Å². The third-order valence-electron chi connectivity index (χ3n) is 3.21. The largest absolute Gasteiger partial charge is 0.480 e. The number of halogens is 2. The van der Waals surface area contributed by atoms with Crippen molar-refractivity contribution in [3.8, 4) is 0 Å². The zero-order chi connectivity index (χ0) is 14.0. The van der Waals surface area contributed by atoms with Gasteiger partial charge in [0, 0.05) is 16.0 Å². The molecule has 1 aromatic carbocycles. The monoisotopic (exact) mass is 345 g/mol. The fourth-order valence-electron chi connectivity index (χ4n) is 2.25. The van der Waals surface area contributed by atoms with Crippen LogP contribution in [0.4, 0.5) is 0 Å². The molecule has 1 fully saturated rings. The number of benzene rings is 1. The van der Waals surface area contributed by atoms with E-state index in [1.165, 1.54) is 4.90 Å². The maximum Gasteiger partial charge on any atom is 0.326 e. The molecule has 1 heterocycles. The van der Waals surface area contributed by atoms with E-state index in [9.17, 15) is 14.7 Å². The molecule has 2 rings (SSSR count). The Hall–Kier alpha value is -1.07. The number of carboxylic acid groups (broad SMARTS) is 1. The second kappa shape index (κ2) is 5.92. The number of carbonyl (C=O) groups excluding carboxylic acids is 1. The van der Waals surface area contributed by atoms with Gasteiger partial charge in [-0.05, 0) is 53.4 Å². The number of nitrogens with zero attached hydrogens (tertiary/aromatic N) is 1. The van der Waals surface area contributed by atoms with E-state index in [4.69, 9.17) is 11.6 Å². The Bertz CT molecular complexity index is 521. The molecule has 1 amide bonds. The summed E-state index contributed by atoms with van der Waals surface area (Å²) in [5.74, 6) is -1.21. The molecule has 1 aliphatic heterocycles. The third-order valence-corrected chi connectivity index (χ3v) is 4.10. The number of rotatable bonds is 2. The summed E-state index contributed by atoms with van der Waals surface area (Å²) in [6.07, 6.45) is 2.18. The Labute approximate surface area is 124 Å². The van der Waals surface area contributed by atoms with Crippen LogP contribution in [0.15, 0.2) is 22.7 Å². The highest BCUT2D eigenvalue weighted by Crippen LogP contribution is 2.26. The molecule has 0 aliphatic carbocycles. The van der Waals surface area contributed by atoms with Gasteiger partial charge in [-0.3, -0.25) is 4.79 Å². The van der Waals surface area contributed by atoms with Crippen LogP contribution in [0.25, 0.3) is 0 Å². The minimum Gasteiger partial charge on any atom is -0.480 e. The Morgan fingerprint density at radius 2 is 2.11 bits per heavy atom. The molecule has 102 valence electrons. The number of hydrogen-bond donors (Lipinski definition) is 1. The number of hydrogen-bond acceptors (Lipinski definition) is 2. The first-order chi connectivity index (χ1) is 9.00. The number of carbonyl (C=O) groups is 2. The summed E-state index contributed by atoms with van der Waals surface area (Å²) < 4.78 is 0.583. The number of piperidine rings is 1. The van der Waals surface area contributed by atoms with Crippen LogP contribution in [0.1, 0.15) is 29.6 Å². The molecule has 19 heavy (non-hydrogen) atoms. The lowest BCUT2D eigenvalue weighted by Gasteiger charge is -2.33. The summed E-state index contributed by atoms with van der Waals surface area (Å²) in [7, 11) is 0. The highest BCUT2D eigenvalue weighted by Gasteiger charge is 2.33. The Kier molecular flexibility index (Phi) is 4.47. The molecule has 1 aromatic rings. The van der Waals surface area contributed by atoms with Gasteiger partial charge in [-0.2, -0.15) is 0 Å². The fourth-order valence-corrected chi connectivity index (χ4v) is 3.10. The van der Waals surface area contributed by atoms with Gasteiger partial charge in [0.25, 0.3) is 5.91 Å². The molecular formula is C13H13BrClNO3. The Balaban J connectivity index is 2.28. The van der Waals surface area contributed by atoms with Crippen molar-refractivity contribution in [3.63, 3.8) is 0 Å². The predicted molar refractivity (Wildman–Crippen MR) is 75.5 cm³/mol. The van der Waals surface area contributed by atoms with E-state index in [1.54, 1.807) is 18.2 Å². The van der Waals surface area contributed by atoms with Crippen molar-refractivity contribution >= 4 is 39.4 Å². The summed E-state index contributed by atoms with van der Waals surface area (Å²) in [5, 5.41) is 9.72. The molecule has 0 saturated carbocycles. The van der Waals surface area contributed by atoms with E-state index in [-0.39, 0.29) is 5.91 Å². The quantitative estimate of drug-likeness (QED) is 0.895. The van der Waals surface area contributed by atoms with Gasteiger partial charge in [0.05, 0.1) is 5.56 Å². The normalized spacial score (nSPS) is 19.3. The molecule has 1 atom stereocenters. The van der Waals surface area contributed by atoms with Crippen molar-refractivity contribution in [2.24, 2.45) is 0 Å². The highest BCUT2D eigenvalue weighted by atomic mass is 79.9. The van der Waals surface area contributed by atoms with Gasteiger partial charge < -0.3 is 10.0 Å².